The van der Waals surface area contributed by atoms with Gasteiger partial charge >= 0.3 is 0 Å². The van der Waals surface area contributed by atoms with Gasteiger partial charge in [0.05, 0.1) is 24.5 Å². The number of nitrogens with one attached hydrogen (secondary N) is 2. The molecule has 4 rings (SSSR count). The van der Waals surface area contributed by atoms with Gasteiger partial charge < -0.3 is 20.5 Å². The van der Waals surface area contributed by atoms with E-state index in [0.29, 0.717) is 6.04 Å². The number of hydrogen-bond acceptors (Lipinski definition) is 7. The molecular weight excluding hydrogens is 336 g/mol. The first-order chi connectivity index (χ1) is 12.6. The van der Waals surface area contributed by atoms with Crippen molar-refractivity contribution in [3.05, 3.63) is 30.7 Å². The summed E-state index contributed by atoms with van der Waals surface area (Å²) in [5, 5.41) is 18.9. The average Bonchev–Trinajstić information content (AvgIpc) is 3.37. The highest BCUT2D eigenvalue weighted by atomic mass is 16.5. The molecule has 1 aliphatic rings. The van der Waals surface area contributed by atoms with Crippen LogP contribution < -0.4 is 15.4 Å². The van der Waals surface area contributed by atoms with Crippen LogP contribution in [0.2, 0.25) is 0 Å². The number of ether oxygens (including phenoxy) is 1. The lowest BCUT2D eigenvalue weighted by molar-refractivity contribution is -0.122. The predicted molar refractivity (Wildman–Crippen MR) is 97.9 cm³/mol. The van der Waals surface area contributed by atoms with Crippen molar-refractivity contribution in [1.29, 1.82) is 0 Å². The van der Waals surface area contributed by atoms with Gasteiger partial charge in [0.15, 0.2) is 0 Å². The molecule has 1 saturated carbocycles. The van der Waals surface area contributed by atoms with Crippen molar-refractivity contribution in [2.75, 3.05) is 17.7 Å². The third-order valence-corrected chi connectivity index (χ3v) is 3.93. The zero-order chi connectivity index (χ0) is 18.5. The normalized spacial score (nSPS) is 12.8. The first-order valence-electron chi connectivity index (χ1n) is 8.07. The SMILES string of the molecule is COc1cc2c(cnn2C)cc1Nc1cc(NC2CC2)ncn1.O=CO. The van der Waals surface area contributed by atoms with E-state index in [1.54, 1.807) is 13.4 Å². The molecule has 0 unspecified atom stereocenters. The Morgan fingerprint density at radius 3 is 2.69 bits per heavy atom. The quantitative estimate of drug-likeness (QED) is 0.597. The number of benzene rings is 1. The number of nitrogens with zero attached hydrogens (tertiary/aromatic N) is 4. The number of aryl methyl sites for hydroxylation is 1. The summed E-state index contributed by atoms with van der Waals surface area (Å²) in [6, 6.07) is 6.44. The van der Waals surface area contributed by atoms with Crippen LogP contribution in [-0.2, 0) is 11.8 Å². The molecule has 0 aliphatic heterocycles. The van der Waals surface area contributed by atoms with Gasteiger partial charge in [0.25, 0.3) is 6.47 Å². The molecule has 0 bridgehead atoms. The van der Waals surface area contributed by atoms with Crippen LogP contribution in [0.25, 0.3) is 10.9 Å². The Bertz CT molecular complexity index is 907. The van der Waals surface area contributed by atoms with Crippen LogP contribution in [0.3, 0.4) is 0 Å². The molecule has 9 heteroatoms. The van der Waals surface area contributed by atoms with Crippen LogP contribution >= 0.6 is 0 Å². The summed E-state index contributed by atoms with van der Waals surface area (Å²) in [7, 11) is 3.57. The number of hydrogen-bond donors (Lipinski definition) is 3. The maximum Gasteiger partial charge on any atom is 0.290 e. The van der Waals surface area contributed by atoms with Crippen molar-refractivity contribution in [3.63, 3.8) is 0 Å². The van der Waals surface area contributed by atoms with Gasteiger partial charge in [-0.15, -0.1) is 0 Å². The van der Waals surface area contributed by atoms with Crippen LogP contribution in [0.1, 0.15) is 12.8 Å². The van der Waals surface area contributed by atoms with E-state index in [4.69, 9.17) is 14.6 Å². The van der Waals surface area contributed by atoms with E-state index in [9.17, 15) is 0 Å². The third kappa shape index (κ3) is 4.00. The molecule has 2 aromatic heterocycles. The number of carboxylic acid groups (broad SMARTS) is 1. The zero-order valence-corrected chi connectivity index (χ0v) is 14.5. The summed E-state index contributed by atoms with van der Waals surface area (Å²) in [6.07, 6.45) is 5.80. The number of aromatic nitrogens is 4. The summed E-state index contributed by atoms with van der Waals surface area (Å²) in [4.78, 5) is 16.9. The molecule has 0 atom stereocenters. The Morgan fingerprint density at radius 1 is 1.27 bits per heavy atom. The fraction of sp³-hybridized carbons (Fsp3) is 0.294. The molecule has 136 valence electrons. The lowest BCUT2D eigenvalue weighted by Crippen LogP contribution is -2.04. The molecule has 0 saturated heterocycles. The second-order valence-electron chi connectivity index (χ2n) is 5.82. The van der Waals surface area contributed by atoms with Crippen molar-refractivity contribution < 1.29 is 14.6 Å². The predicted octanol–water partition coefficient (Wildman–Crippen LogP) is 2.39. The summed E-state index contributed by atoms with van der Waals surface area (Å²) in [5.74, 6) is 2.31. The molecule has 26 heavy (non-hydrogen) atoms. The largest absolute Gasteiger partial charge is 0.494 e. The highest BCUT2D eigenvalue weighted by Gasteiger charge is 2.21. The molecule has 9 nitrogen and oxygen atoms in total. The van der Waals surface area contributed by atoms with Crippen molar-refractivity contribution in [2.24, 2.45) is 7.05 Å². The van der Waals surface area contributed by atoms with E-state index in [1.165, 1.54) is 12.8 Å². The Labute approximate surface area is 150 Å². The first kappa shape index (κ1) is 17.5. The lowest BCUT2D eigenvalue weighted by atomic mass is 10.2. The Morgan fingerprint density at radius 2 is 2.00 bits per heavy atom. The second kappa shape index (κ2) is 7.68. The number of carbonyl (C=O) groups is 1. The molecule has 0 spiro atoms. The second-order valence-corrected chi connectivity index (χ2v) is 5.82. The molecule has 3 aromatic rings. The fourth-order valence-electron chi connectivity index (χ4n) is 2.53. The summed E-state index contributed by atoms with van der Waals surface area (Å²) >= 11 is 0. The van der Waals surface area contributed by atoms with Crippen LogP contribution in [0.4, 0.5) is 17.3 Å². The smallest absolute Gasteiger partial charge is 0.290 e. The van der Waals surface area contributed by atoms with Crippen LogP contribution in [0, 0.1) is 0 Å². The number of fused-ring (bicyclic) bond motifs is 1. The minimum Gasteiger partial charge on any atom is -0.494 e. The van der Waals surface area contributed by atoms with Gasteiger partial charge in [0.2, 0.25) is 0 Å². The van der Waals surface area contributed by atoms with Crippen LogP contribution in [0.5, 0.6) is 5.75 Å². The minimum absolute atomic E-state index is 0.250. The van der Waals surface area contributed by atoms with E-state index in [2.05, 4.69) is 25.7 Å². The maximum atomic E-state index is 8.36. The van der Waals surface area contributed by atoms with E-state index in [1.807, 2.05) is 36.1 Å². The van der Waals surface area contributed by atoms with E-state index in [-0.39, 0.29) is 6.47 Å². The molecular formula is C17H20N6O3. The molecule has 2 heterocycles. The average molecular weight is 356 g/mol. The van der Waals surface area contributed by atoms with Crippen molar-refractivity contribution in [1.82, 2.24) is 19.7 Å². The molecule has 0 radical (unpaired) electrons. The molecule has 0 amide bonds. The third-order valence-electron chi connectivity index (χ3n) is 3.93. The number of methoxy groups -OCH3 is 1. The van der Waals surface area contributed by atoms with Gasteiger partial charge in [-0.25, -0.2) is 9.97 Å². The van der Waals surface area contributed by atoms with Gasteiger partial charge in [-0.3, -0.25) is 9.48 Å². The van der Waals surface area contributed by atoms with Gasteiger partial charge in [0, 0.05) is 30.6 Å². The van der Waals surface area contributed by atoms with Gasteiger partial charge in [-0.1, -0.05) is 0 Å². The molecule has 1 aliphatic carbocycles. The Hall–Kier alpha value is -3.36. The Balaban J connectivity index is 0.000000613. The van der Waals surface area contributed by atoms with Crippen LogP contribution in [-0.4, -0.2) is 44.5 Å². The summed E-state index contributed by atoms with van der Waals surface area (Å²) in [6.45, 7) is -0.250. The zero-order valence-electron chi connectivity index (χ0n) is 14.5. The standard InChI is InChI=1S/C16H18N6O.CH2O2/c1-22-13-6-14(23-2)12(5-10(13)8-19-22)21-16-7-15(17-9-18-16)20-11-3-4-11;2-1-3/h5-9,11H,3-4H2,1-2H3,(H2,17,18,20,21);1H,(H,2,3). The number of anilines is 3. The van der Waals surface area contributed by atoms with Crippen molar-refractivity contribution >= 4 is 34.7 Å². The summed E-state index contributed by atoms with van der Waals surface area (Å²) in [5.41, 5.74) is 1.87. The molecule has 1 aromatic carbocycles. The van der Waals surface area contributed by atoms with Crippen molar-refractivity contribution in [3.8, 4) is 5.75 Å². The monoisotopic (exact) mass is 356 g/mol. The number of rotatable bonds is 5. The van der Waals surface area contributed by atoms with Crippen molar-refractivity contribution in [2.45, 2.75) is 18.9 Å². The first-order valence-corrected chi connectivity index (χ1v) is 8.07. The maximum absolute atomic E-state index is 8.36. The summed E-state index contributed by atoms with van der Waals surface area (Å²) < 4.78 is 7.32. The van der Waals surface area contributed by atoms with E-state index < -0.39 is 0 Å². The highest BCUT2D eigenvalue weighted by molar-refractivity contribution is 5.87. The highest BCUT2D eigenvalue weighted by Crippen LogP contribution is 2.32. The Kier molecular flexibility index (Phi) is 5.16. The topological polar surface area (TPSA) is 114 Å². The van der Waals surface area contributed by atoms with Gasteiger partial charge in [-0.2, -0.15) is 5.10 Å². The van der Waals surface area contributed by atoms with Gasteiger partial charge in [0.1, 0.15) is 23.7 Å². The van der Waals surface area contributed by atoms with E-state index in [0.717, 1.165) is 34.0 Å². The lowest BCUT2D eigenvalue weighted by Gasteiger charge is -2.12. The van der Waals surface area contributed by atoms with Crippen LogP contribution in [0.15, 0.2) is 30.7 Å². The minimum atomic E-state index is -0.250. The van der Waals surface area contributed by atoms with Gasteiger partial charge in [-0.05, 0) is 18.9 Å². The molecule has 1 fully saturated rings. The fourth-order valence-corrected chi connectivity index (χ4v) is 2.53. The van der Waals surface area contributed by atoms with E-state index >= 15 is 0 Å². The molecule has 3 N–H and O–H groups in total.